The zero-order valence-corrected chi connectivity index (χ0v) is 10.8. The Morgan fingerprint density at radius 1 is 1.50 bits per heavy atom. The largest absolute Gasteiger partial charge is 0.497 e. The van der Waals surface area contributed by atoms with Crippen LogP contribution in [0.3, 0.4) is 0 Å². The van der Waals surface area contributed by atoms with E-state index in [0.29, 0.717) is 6.42 Å². The van der Waals surface area contributed by atoms with E-state index in [1.54, 1.807) is 7.11 Å². The number of aliphatic hydroxyl groups excluding tert-OH is 1. The summed E-state index contributed by atoms with van der Waals surface area (Å²) in [5, 5.41) is 10.3. The summed E-state index contributed by atoms with van der Waals surface area (Å²) in [6.45, 7) is 1.90. The third kappa shape index (κ3) is 1.85. The normalized spacial score (nSPS) is 31.2. The van der Waals surface area contributed by atoms with Crippen LogP contribution in [0.1, 0.15) is 24.5 Å². The number of hydrogen-bond donors (Lipinski definition) is 1. The molecule has 1 N–H and O–H groups in total. The van der Waals surface area contributed by atoms with Gasteiger partial charge in [-0.05, 0) is 19.2 Å². The smallest absolute Gasteiger partial charge is 0.129 e. The molecule has 0 amide bonds. The SMILES string of the molecule is COc1ccc2c(c1)OC1(CCN(C)C1)C[C@H]2O. The second kappa shape index (κ2) is 4.14. The highest BCUT2D eigenvalue weighted by Crippen LogP contribution is 2.44. The van der Waals surface area contributed by atoms with Gasteiger partial charge in [-0.15, -0.1) is 0 Å². The molecule has 98 valence electrons. The minimum atomic E-state index is -0.439. The Morgan fingerprint density at radius 2 is 2.33 bits per heavy atom. The maximum atomic E-state index is 10.3. The lowest BCUT2D eigenvalue weighted by Gasteiger charge is -2.38. The Labute approximate surface area is 107 Å². The molecule has 0 saturated carbocycles. The average molecular weight is 249 g/mol. The quantitative estimate of drug-likeness (QED) is 0.820. The van der Waals surface area contributed by atoms with Crippen LogP contribution in [0.2, 0.25) is 0 Å². The molecule has 2 heterocycles. The predicted octanol–water partition coefficient (Wildman–Crippen LogP) is 1.59. The van der Waals surface area contributed by atoms with Gasteiger partial charge in [-0.1, -0.05) is 0 Å². The molecule has 2 aliphatic rings. The Bertz CT molecular complexity index is 462. The number of fused-ring (bicyclic) bond motifs is 1. The molecule has 4 heteroatoms. The fourth-order valence-corrected chi connectivity index (χ4v) is 3.04. The minimum Gasteiger partial charge on any atom is -0.497 e. The topological polar surface area (TPSA) is 41.9 Å². The maximum Gasteiger partial charge on any atom is 0.129 e. The van der Waals surface area contributed by atoms with Gasteiger partial charge in [0.15, 0.2) is 0 Å². The fourth-order valence-electron chi connectivity index (χ4n) is 3.04. The summed E-state index contributed by atoms with van der Waals surface area (Å²) >= 11 is 0. The first-order valence-electron chi connectivity index (χ1n) is 6.35. The molecule has 2 aliphatic heterocycles. The van der Waals surface area contributed by atoms with Crippen molar-refractivity contribution in [3.05, 3.63) is 23.8 Å². The monoisotopic (exact) mass is 249 g/mol. The molecule has 2 atom stereocenters. The third-order valence-corrected chi connectivity index (χ3v) is 3.98. The van der Waals surface area contributed by atoms with Crippen molar-refractivity contribution in [2.45, 2.75) is 24.5 Å². The molecular formula is C14H19NO3. The molecule has 1 unspecified atom stereocenters. The van der Waals surface area contributed by atoms with Gasteiger partial charge in [0.2, 0.25) is 0 Å². The Kier molecular flexibility index (Phi) is 2.72. The standard InChI is InChI=1S/C14H19NO3/c1-15-6-5-14(9-15)8-12(16)11-4-3-10(17-2)7-13(11)18-14/h3-4,7,12,16H,5-6,8-9H2,1-2H3/t12-,14?/m1/s1. The summed E-state index contributed by atoms with van der Waals surface area (Å²) < 4.78 is 11.4. The van der Waals surface area contributed by atoms with Gasteiger partial charge in [0, 0.05) is 37.6 Å². The highest BCUT2D eigenvalue weighted by atomic mass is 16.5. The first kappa shape index (κ1) is 11.8. The molecule has 0 aliphatic carbocycles. The van der Waals surface area contributed by atoms with Gasteiger partial charge in [0.1, 0.15) is 17.1 Å². The van der Waals surface area contributed by atoms with E-state index in [-0.39, 0.29) is 5.60 Å². The molecule has 1 aromatic rings. The second-order valence-corrected chi connectivity index (χ2v) is 5.40. The molecule has 1 spiro atoms. The molecule has 3 rings (SSSR count). The predicted molar refractivity (Wildman–Crippen MR) is 68.0 cm³/mol. The van der Waals surface area contributed by atoms with Crippen LogP contribution in [0.5, 0.6) is 11.5 Å². The van der Waals surface area contributed by atoms with Crippen LogP contribution in [0, 0.1) is 0 Å². The van der Waals surface area contributed by atoms with E-state index in [0.717, 1.165) is 36.6 Å². The molecule has 1 aromatic carbocycles. The van der Waals surface area contributed by atoms with E-state index in [1.807, 2.05) is 18.2 Å². The van der Waals surface area contributed by atoms with Crippen molar-refractivity contribution < 1.29 is 14.6 Å². The zero-order chi connectivity index (χ0) is 12.8. The lowest BCUT2D eigenvalue weighted by molar-refractivity contribution is -0.00594. The molecule has 0 bridgehead atoms. The average Bonchev–Trinajstić information content (AvgIpc) is 2.69. The number of likely N-dealkylation sites (N-methyl/N-ethyl adjacent to an activating group) is 1. The summed E-state index contributed by atoms with van der Waals surface area (Å²) in [7, 11) is 3.73. The van der Waals surface area contributed by atoms with E-state index in [4.69, 9.17) is 9.47 Å². The molecular weight excluding hydrogens is 230 g/mol. The highest BCUT2D eigenvalue weighted by Gasteiger charge is 2.44. The Morgan fingerprint density at radius 3 is 3.00 bits per heavy atom. The molecule has 0 aromatic heterocycles. The molecule has 4 nitrogen and oxygen atoms in total. The van der Waals surface area contributed by atoms with Gasteiger partial charge >= 0.3 is 0 Å². The van der Waals surface area contributed by atoms with Crippen LogP contribution in [0.25, 0.3) is 0 Å². The number of hydrogen-bond acceptors (Lipinski definition) is 4. The minimum absolute atomic E-state index is 0.229. The van der Waals surface area contributed by atoms with Crippen molar-refractivity contribution in [3.8, 4) is 11.5 Å². The van der Waals surface area contributed by atoms with E-state index in [2.05, 4.69) is 11.9 Å². The number of ether oxygens (including phenoxy) is 2. The van der Waals surface area contributed by atoms with Gasteiger partial charge in [-0.25, -0.2) is 0 Å². The number of methoxy groups -OCH3 is 1. The first-order valence-corrected chi connectivity index (χ1v) is 6.35. The van der Waals surface area contributed by atoms with Crippen LogP contribution in [0.4, 0.5) is 0 Å². The summed E-state index contributed by atoms with van der Waals surface area (Å²) in [5.74, 6) is 1.53. The molecule has 1 saturated heterocycles. The zero-order valence-electron chi connectivity index (χ0n) is 10.8. The fraction of sp³-hybridized carbons (Fsp3) is 0.571. The maximum absolute atomic E-state index is 10.3. The Hall–Kier alpha value is -1.26. The summed E-state index contributed by atoms with van der Waals surface area (Å²) in [6.07, 6.45) is 1.21. The molecule has 1 fully saturated rings. The first-order chi connectivity index (χ1) is 8.62. The number of rotatable bonds is 1. The summed E-state index contributed by atoms with van der Waals surface area (Å²) in [6, 6.07) is 5.63. The summed E-state index contributed by atoms with van der Waals surface area (Å²) in [4.78, 5) is 2.25. The van der Waals surface area contributed by atoms with Crippen molar-refractivity contribution in [1.82, 2.24) is 4.90 Å². The van der Waals surface area contributed by atoms with Gasteiger partial charge in [-0.2, -0.15) is 0 Å². The van der Waals surface area contributed by atoms with E-state index >= 15 is 0 Å². The van der Waals surface area contributed by atoms with Gasteiger partial charge in [-0.3, -0.25) is 0 Å². The van der Waals surface area contributed by atoms with Crippen LogP contribution in [0.15, 0.2) is 18.2 Å². The lowest BCUT2D eigenvalue weighted by Crippen LogP contribution is -2.43. The summed E-state index contributed by atoms with van der Waals surface area (Å²) in [5.41, 5.74) is 0.643. The third-order valence-electron chi connectivity index (χ3n) is 3.98. The Balaban J connectivity index is 1.95. The van der Waals surface area contributed by atoms with Crippen molar-refractivity contribution in [2.24, 2.45) is 0 Å². The van der Waals surface area contributed by atoms with Crippen LogP contribution < -0.4 is 9.47 Å². The highest BCUT2D eigenvalue weighted by molar-refractivity contribution is 5.44. The van der Waals surface area contributed by atoms with Crippen LogP contribution in [-0.2, 0) is 0 Å². The molecule has 18 heavy (non-hydrogen) atoms. The van der Waals surface area contributed by atoms with Crippen molar-refractivity contribution in [2.75, 3.05) is 27.2 Å². The number of nitrogens with zero attached hydrogens (tertiary/aromatic N) is 1. The second-order valence-electron chi connectivity index (χ2n) is 5.40. The van der Waals surface area contributed by atoms with Crippen LogP contribution in [-0.4, -0.2) is 42.9 Å². The van der Waals surface area contributed by atoms with Crippen molar-refractivity contribution >= 4 is 0 Å². The number of likely N-dealkylation sites (tertiary alicyclic amines) is 1. The van der Waals surface area contributed by atoms with Crippen molar-refractivity contribution in [1.29, 1.82) is 0 Å². The van der Waals surface area contributed by atoms with Gasteiger partial charge in [0.05, 0.1) is 13.2 Å². The van der Waals surface area contributed by atoms with Crippen LogP contribution >= 0.6 is 0 Å². The van der Waals surface area contributed by atoms with E-state index < -0.39 is 6.10 Å². The lowest BCUT2D eigenvalue weighted by atomic mass is 9.88. The number of benzene rings is 1. The van der Waals surface area contributed by atoms with E-state index in [1.165, 1.54) is 0 Å². The molecule has 0 radical (unpaired) electrons. The van der Waals surface area contributed by atoms with Gasteiger partial charge < -0.3 is 19.5 Å². The number of aliphatic hydroxyl groups is 1. The van der Waals surface area contributed by atoms with Crippen molar-refractivity contribution in [3.63, 3.8) is 0 Å². The van der Waals surface area contributed by atoms with E-state index in [9.17, 15) is 5.11 Å². The van der Waals surface area contributed by atoms with Gasteiger partial charge in [0.25, 0.3) is 0 Å².